The van der Waals surface area contributed by atoms with Gasteiger partial charge in [-0.15, -0.1) is 0 Å². The monoisotopic (exact) mass is 321 g/mol. The highest BCUT2D eigenvalue weighted by Crippen LogP contribution is 2.19. The van der Waals surface area contributed by atoms with E-state index in [0.717, 1.165) is 4.68 Å². The van der Waals surface area contributed by atoms with E-state index in [1.807, 2.05) is 0 Å². The zero-order valence-corrected chi connectivity index (χ0v) is 12.8. The number of carbonyl (C=O) groups is 1. The van der Waals surface area contributed by atoms with Crippen LogP contribution < -0.4 is 4.72 Å². The molecule has 21 heavy (non-hydrogen) atoms. The molecule has 0 aliphatic rings. The third-order valence-electron chi connectivity index (χ3n) is 2.78. The van der Waals surface area contributed by atoms with Crippen molar-refractivity contribution < 1.29 is 28.2 Å². The van der Waals surface area contributed by atoms with E-state index in [9.17, 15) is 13.2 Å². The van der Waals surface area contributed by atoms with Gasteiger partial charge >= 0.3 is 5.97 Å². The number of sulfonamides is 1. The second kappa shape index (κ2) is 6.98. The van der Waals surface area contributed by atoms with Gasteiger partial charge < -0.3 is 14.9 Å². The number of methoxy groups -OCH3 is 1. The van der Waals surface area contributed by atoms with E-state index in [2.05, 4.69) is 9.82 Å². The second-order valence-corrected chi connectivity index (χ2v) is 6.16. The molecule has 0 aliphatic heterocycles. The summed E-state index contributed by atoms with van der Waals surface area (Å²) in [5.74, 6) is -1.12. The van der Waals surface area contributed by atoms with Gasteiger partial charge in [-0.05, 0) is 13.8 Å². The van der Waals surface area contributed by atoms with E-state index in [1.54, 1.807) is 0 Å². The average Bonchev–Trinajstić information content (AvgIpc) is 2.63. The molecule has 0 aromatic carbocycles. The molecule has 0 spiro atoms. The lowest BCUT2D eigenvalue weighted by Gasteiger charge is -2.15. The minimum Gasteiger partial charge on any atom is -0.480 e. The zero-order chi connectivity index (χ0) is 16.2. The number of aryl methyl sites for hydroxylation is 1. The van der Waals surface area contributed by atoms with E-state index < -0.39 is 35.2 Å². The molecule has 3 N–H and O–H groups in total. The number of hydrogen-bond acceptors (Lipinski definition) is 6. The predicted molar refractivity (Wildman–Crippen MR) is 72.4 cm³/mol. The molecule has 0 bridgehead atoms. The molecule has 1 aromatic rings. The minimum atomic E-state index is -3.94. The molecule has 9 nitrogen and oxygen atoms in total. The van der Waals surface area contributed by atoms with Crippen LogP contribution in [0, 0.1) is 13.8 Å². The molecular weight excluding hydrogens is 302 g/mol. The lowest BCUT2D eigenvalue weighted by atomic mass is 10.4. The molecule has 0 radical (unpaired) electrons. The van der Waals surface area contributed by atoms with Crippen LogP contribution in [0.1, 0.15) is 11.4 Å². The number of carboxylic acid groups (broad SMARTS) is 1. The lowest BCUT2D eigenvalue weighted by Crippen LogP contribution is -2.40. The standard InChI is InChI=1S/C11H19N3O6S/c1-7-11(8(2)14(12-7)4-10(16)17)21(18,19)13-9(5-15)6-20-3/h9,13,15H,4-6H2,1-3H3,(H,16,17). The van der Waals surface area contributed by atoms with Crippen molar-refractivity contribution in [3.8, 4) is 0 Å². The maximum absolute atomic E-state index is 12.3. The predicted octanol–water partition coefficient (Wildman–Crippen LogP) is -1.13. The Hall–Kier alpha value is -1.49. The fourth-order valence-corrected chi connectivity index (χ4v) is 3.58. The summed E-state index contributed by atoms with van der Waals surface area (Å²) in [6.07, 6.45) is 0. The first-order chi connectivity index (χ1) is 9.72. The van der Waals surface area contributed by atoms with Crippen molar-refractivity contribution in [3.63, 3.8) is 0 Å². The van der Waals surface area contributed by atoms with Crippen molar-refractivity contribution in [1.82, 2.24) is 14.5 Å². The van der Waals surface area contributed by atoms with Crippen LogP contribution in [-0.4, -0.2) is 60.7 Å². The number of aromatic nitrogens is 2. The van der Waals surface area contributed by atoms with Crippen molar-refractivity contribution in [1.29, 1.82) is 0 Å². The molecule has 10 heteroatoms. The second-order valence-electron chi connectivity index (χ2n) is 4.51. The molecule has 1 aromatic heterocycles. The fraction of sp³-hybridized carbons (Fsp3) is 0.636. The molecular formula is C11H19N3O6S. The summed E-state index contributed by atoms with van der Waals surface area (Å²) in [4.78, 5) is 10.6. The largest absolute Gasteiger partial charge is 0.480 e. The maximum atomic E-state index is 12.3. The number of hydrogen-bond donors (Lipinski definition) is 3. The van der Waals surface area contributed by atoms with E-state index in [1.165, 1.54) is 21.0 Å². The van der Waals surface area contributed by atoms with E-state index >= 15 is 0 Å². The highest BCUT2D eigenvalue weighted by atomic mass is 32.2. The zero-order valence-electron chi connectivity index (χ0n) is 12.0. The quantitative estimate of drug-likeness (QED) is 0.552. The molecule has 1 heterocycles. The molecule has 120 valence electrons. The number of carboxylic acids is 1. The number of ether oxygens (including phenoxy) is 1. The van der Waals surface area contributed by atoms with Gasteiger partial charge in [0.1, 0.15) is 11.4 Å². The first-order valence-corrected chi connectivity index (χ1v) is 7.59. The van der Waals surface area contributed by atoms with Crippen LogP contribution in [0.15, 0.2) is 4.90 Å². The van der Waals surface area contributed by atoms with Gasteiger partial charge in [-0.2, -0.15) is 5.10 Å². The van der Waals surface area contributed by atoms with Gasteiger partial charge in [-0.25, -0.2) is 13.1 Å². The topological polar surface area (TPSA) is 131 Å². The van der Waals surface area contributed by atoms with Crippen LogP contribution >= 0.6 is 0 Å². The number of aliphatic carboxylic acids is 1. The third kappa shape index (κ3) is 4.24. The van der Waals surface area contributed by atoms with Crippen molar-refractivity contribution in [2.45, 2.75) is 31.3 Å². The summed E-state index contributed by atoms with van der Waals surface area (Å²) in [6, 6.07) is -0.790. The Bertz CT molecular complexity index is 610. The van der Waals surface area contributed by atoms with Gasteiger partial charge in [0.25, 0.3) is 0 Å². The maximum Gasteiger partial charge on any atom is 0.325 e. The molecule has 1 atom stereocenters. The summed E-state index contributed by atoms with van der Waals surface area (Å²) in [5.41, 5.74) is 0.409. The van der Waals surface area contributed by atoms with Crippen LogP contribution in [0.2, 0.25) is 0 Å². The number of aliphatic hydroxyl groups is 1. The number of rotatable bonds is 8. The average molecular weight is 321 g/mol. The van der Waals surface area contributed by atoms with Gasteiger partial charge in [0.2, 0.25) is 10.0 Å². The normalized spacial score (nSPS) is 13.3. The van der Waals surface area contributed by atoms with Gasteiger partial charge in [-0.3, -0.25) is 9.48 Å². The molecule has 0 saturated heterocycles. The van der Waals surface area contributed by atoms with Gasteiger partial charge in [0, 0.05) is 7.11 Å². The summed E-state index contributed by atoms with van der Waals surface area (Å²) in [5, 5.41) is 21.8. The van der Waals surface area contributed by atoms with Crippen LogP contribution in [0.5, 0.6) is 0 Å². The molecule has 0 fully saturated rings. The first-order valence-electron chi connectivity index (χ1n) is 6.10. The molecule has 0 aliphatic carbocycles. The third-order valence-corrected chi connectivity index (χ3v) is 4.55. The van der Waals surface area contributed by atoms with Gasteiger partial charge in [0.15, 0.2) is 0 Å². The summed E-state index contributed by atoms with van der Waals surface area (Å²) >= 11 is 0. The van der Waals surface area contributed by atoms with Crippen molar-refractivity contribution >= 4 is 16.0 Å². The van der Waals surface area contributed by atoms with E-state index in [-0.39, 0.29) is 22.9 Å². The fourth-order valence-electron chi connectivity index (χ4n) is 1.95. The molecule has 1 unspecified atom stereocenters. The molecule has 1 rings (SSSR count). The van der Waals surface area contributed by atoms with E-state index in [0.29, 0.717) is 0 Å². The van der Waals surface area contributed by atoms with Crippen molar-refractivity contribution in [2.75, 3.05) is 20.3 Å². The highest BCUT2D eigenvalue weighted by molar-refractivity contribution is 7.89. The smallest absolute Gasteiger partial charge is 0.325 e. The van der Waals surface area contributed by atoms with E-state index in [4.69, 9.17) is 14.9 Å². The Morgan fingerprint density at radius 1 is 1.48 bits per heavy atom. The first kappa shape index (κ1) is 17.6. The highest BCUT2D eigenvalue weighted by Gasteiger charge is 2.27. The summed E-state index contributed by atoms with van der Waals surface area (Å²) in [7, 11) is -2.55. The van der Waals surface area contributed by atoms with Crippen LogP contribution in [0.3, 0.4) is 0 Å². The number of aliphatic hydroxyl groups excluding tert-OH is 1. The van der Waals surface area contributed by atoms with Gasteiger partial charge in [-0.1, -0.05) is 0 Å². The minimum absolute atomic E-state index is 0.0110. The van der Waals surface area contributed by atoms with Crippen LogP contribution in [0.4, 0.5) is 0 Å². The SMILES string of the molecule is COCC(CO)NS(=O)(=O)c1c(C)nn(CC(=O)O)c1C. The van der Waals surface area contributed by atoms with Crippen molar-refractivity contribution in [2.24, 2.45) is 0 Å². The number of nitrogens with zero attached hydrogens (tertiary/aromatic N) is 2. The number of nitrogens with one attached hydrogen (secondary N) is 1. The summed E-state index contributed by atoms with van der Waals surface area (Å²) < 4.78 is 32.9. The van der Waals surface area contributed by atoms with Crippen LogP contribution in [0.25, 0.3) is 0 Å². The van der Waals surface area contributed by atoms with Gasteiger partial charge in [0.05, 0.1) is 30.6 Å². The molecule has 0 saturated carbocycles. The van der Waals surface area contributed by atoms with Crippen LogP contribution in [-0.2, 0) is 26.1 Å². The Morgan fingerprint density at radius 2 is 2.10 bits per heavy atom. The Labute approximate surface area is 122 Å². The lowest BCUT2D eigenvalue weighted by molar-refractivity contribution is -0.137. The molecule has 0 amide bonds. The Morgan fingerprint density at radius 3 is 2.57 bits per heavy atom. The Balaban J connectivity index is 3.14. The Kier molecular flexibility index (Phi) is 5.84. The van der Waals surface area contributed by atoms with Crippen molar-refractivity contribution in [3.05, 3.63) is 11.4 Å². The summed E-state index contributed by atoms with van der Waals surface area (Å²) in [6.45, 7) is 2.11.